The van der Waals surface area contributed by atoms with Crippen LogP contribution in [0.25, 0.3) is 0 Å². The summed E-state index contributed by atoms with van der Waals surface area (Å²) in [5.41, 5.74) is 1.85. The Balaban J connectivity index is 2.15. The molecule has 3 rings (SSSR count). The molecule has 0 radical (unpaired) electrons. The summed E-state index contributed by atoms with van der Waals surface area (Å²) in [5.74, 6) is -1.20. The van der Waals surface area contributed by atoms with E-state index in [1.54, 1.807) is 13.8 Å². The van der Waals surface area contributed by atoms with Gasteiger partial charge in [0.05, 0.1) is 13.2 Å². The minimum atomic E-state index is -1.29. The van der Waals surface area contributed by atoms with Crippen LogP contribution in [0.3, 0.4) is 0 Å². The second-order valence-electron chi connectivity index (χ2n) is 6.22. The zero-order valence-electron chi connectivity index (χ0n) is 13.6. The molecule has 2 aliphatic rings. The Hall–Kier alpha value is -2.10. The van der Waals surface area contributed by atoms with E-state index in [2.05, 4.69) is 12.6 Å². The van der Waals surface area contributed by atoms with Crippen molar-refractivity contribution < 1.29 is 19.1 Å². The van der Waals surface area contributed by atoms with Crippen LogP contribution < -0.4 is 0 Å². The molecular formula is C19H22O4. The Morgan fingerprint density at radius 2 is 1.78 bits per heavy atom. The van der Waals surface area contributed by atoms with Gasteiger partial charge in [0.1, 0.15) is 0 Å². The molecule has 1 saturated carbocycles. The normalized spacial score (nSPS) is 24.0. The number of esters is 2. The lowest BCUT2D eigenvalue weighted by Crippen LogP contribution is -2.44. The van der Waals surface area contributed by atoms with Gasteiger partial charge >= 0.3 is 11.9 Å². The van der Waals surface area contributed by atoms with Crippen LogP contribution in [0.1, 0.15) is 37.3 Å². The van der Waals surface area contributed by atoms with Gasteiger partial charge in [0.25, 0.3) is 0 Å². The van der Waals surface area contributed by atoms with Crippen LogP contribution in [0.2, 0.25) is 0 Å². The number of hydrogen-bond acceptors (Lipinski definition) is 4. The predicted octanol–water partition coefficient (Wildman–Crippen LogP) is 3.02. The lowest BCUT2D eigenvalue weighted by atomic mass is 9.71. The van der Waals surface area contributed by atoms with Crippen molar-refractivity contribution in [1.82, 2.24) is 0 Å². The largest absolute Gasteiger partial charge is 0.465 e. The second-order valence-corrected chi connectivity index (χ2v) is 6.22. The fourth-order valence-corrected chi connectivity index (χ4v) is 4.13. The molecule has 2 atom stereocenters. The standard InChI is InChI=1S/C19H22O4/c1-4-22-17(20)19(18(21)23-5-2)11-14-10-13-8-6-7-9-15(13)16(19)12(14)3/h6-9,14,16H,3-5,10-11H2,1-2H3. The van der Waals surface area contributed by atoms with Gasteiger partial charge in [-0.2, -0.15) is 0 Å². The molecular weight excluding hydrogens is 292 g/mol. The highest BCUT2D eigenvalue weighted by molar-refractivity contribution is 6.03. The fourth-order valence-electron chi connectivity index (χ4n) is 4.13. The summed E-state index contributed by atoms with van der Waals surface area (Å²) in [5, 5.41) is 0. The first-order valence-corrected chi connectivity index (χ1v) is 8.17. The molecule has 23 heavy (non-hydrogen) atoms. The fraction of sp³-hybridized carbons (Fsp3) is 0.474. The molecule has 4 nitrogen and oxygen atoms in total. The molecule has 0 aliphatic heterocycles. The smallest absolute Gasteiger partial charge is 0.324 e. The summed E-state index contributed by atoms with van der Waals surface area (Å²) < 4.78 is 10.6. The first-order valence-electron chi connectivity index (χ1n) is 8.17. The highest BCUT2D eigenvalue weighted by Gasteiger charge is 2.63. The maximum Gasteiger partial charge on any atom is 0.324 e. The molecule has 0 heterocycles. The van der Waals surface area contributed by atoms with Crippen LogP contribution in [0.5, 0.6) is 0 Å². The molecule has 4 heteroatoms. The predicted molar refractivity (Wildman–Crippen MR) is 85.8 cm³/mol. The van der Waals surface area contributed by atoms with Crippen molar-refractivity contribution in [2.24, 2.45) is 11.3 Å². The monoisotopic (exact) mass is 314 g/mol. The van der Waals surface area contributed by atoms with Crippen molar-refractivity contribution in [2.75, 3.05) is 13.2 Å². The molecule has 1 fully saturated rings. The highest BCUT2D eigenvalue weighted by atomic mass is 16.6. The Bertz CT molecular complexity index is 643. The van der Waals surface area contributed by atoms with Gasteiger partial charge in [0.15, 0.2) is 5.41 Å². The summed E-state index contributed by atoms with van der Waals surface area (Å²) in [6.07, 6.45) is 1.23. The average Bonchev–Trinajstić information content (AvgIpc) is 2.73. The number of hydrogen-bond donors (Lipinski definition) is 0. The van der Waals surface area contributed by atoms with Gasteiger partial charge in [0, 0.05) is 5.92 Å². The minimum absolute atomic E-state index is 0.115. The quantitative estimate of drug-likeness (QED) is 0.487. The van der Waals surface area contributed by atoms with Crippen molar-refractivity contribution in [2.45, 2.75) is 32.6 Å². The highest BCUT2D eigenvalue weighted by Crippen LogP contribution is 2.60. The summed E-state index contributed by atoms with van der Waals surface area (Å²) in [6.45, 7) is 8.19. The molecule has 2 unspecified atom stereocenters. The van der Waals surface area contributed by atoms with Crippen molar-refractivity contribution in [3.05, 3.63) is 47.5 Å². The van der Waals surface area contributed by atoms with E-state index in [1.807, 2.05) is 18.2 Å². The zero-order chi connectivity index (χ0) is 16.6. The van der Waals surface area contributed by atoms with Gasteiger partial charge in [-0.25, -0.2) is 0 Å². The molecule has 2 aliphatic carbocycles. The molecule has 0 aromatic heterocycles. The number of fused-ring (bicyclic) bond motifs is 4. The van der Waals surface area contributed by atoms with E-state index in [9.17, 15) is 9.59 Å². The van der Waals surface area contributed by atoms with E-state index in [0.29, 0.717) is 6.42 Å². The van der Waals surface area contributed by atoms with Gasteiger partial charge in [-0.15, -0.1) is 0 Å². The van der Waals surface area contributed by atoms with E-state index in [4.69, 9.17) is 9.47 Å². The number of benzene rings is 1. The van der Waals surface area contributed by atoms with Gasteiger partial charge in [-0.05, 0) is 43.7 Å². The molecule has 0 amide bonds. The maximum absolute atomic E-state index is 12.8. The summed E-state index contributed by atoms with van der Waals surface area (Å²) in [4.78, 5) is 25.6. The summed E-state index contributed by atoms with van der Waals surface area (Å²) in [7, 11) is 0. The van der Waals surface area contributed by atoms with Gasteiger partial charge < -0.3 is 9.47 Å². The number of carbonyl (C=O) groups excluding carboxylic acids is 2. The third-order valence-corrected chi connectivity index (χ3v) is 5.07. The average molecular weight is 314 g/mol. The van der Waals surface area contributed by atoms with Crippen LogP contribution >= 0.6 is 0 Å². The van der Waals surface area contributed by atoms with Crippen molar-refractivity contribution in [3.8, 4) is 0 Å². The van der Waals surface area contributed by atoms with E-state index in [0.717, 1.165) is 17.6 Å². The number of ether oxygens (including phenoxy) is 2. The molecule has 122 valence electrons. The van der Waals surface area contributed by atoms with Crippen LogP contribution in [0.4, 0.5) is 0 Å². The lowest BCUT2D eigenvalue weighted by molar-refractivity contribution is -0.172. The third-order valence-electron chi connectivity index (χ3n) is 5.07. The van der Waals surface area contributed by atoms with E-state index >= 15 is 0 Å². The zero-order valence-corrected chi connectivity index (χ0v) is 13.6. The first kappa shape index (κ1) is 15.8. The molecule has 0 saturated heterocycles. The third kappa shape index (κ3) is 2.19. The van der Waals surface area contributed by atoms with Gasteiger partial charge in [0.2, 0.25) is 0 Å². The number of allylic oxidation sites excluding steroid dienone is 1. The van der Waals surface area contributed by atoms with Crippen LogP contribution in [-0.2, 0) is 25.5 Å². The van der Waals surface area contributed by atoms with Gasteiger partial charge in [-0.3, -0.25) is 9.59 Å². The summed E-state index contributed by atoms with van der Waals surface area (Å²) in [6, 6.07) is 7.97. The Labute approximate surface area is 136 Å². The van der Waals surface area contributed by atoms with Crippen molar-refractivity contribution in [3.63, 3.8) is 0 Å². The Morgan fingerprint density at radius 3 is 2.39 bits per heavy atom. The van der Waals surface area contributed by atoms with E-state index < -0.39 is 17.4 Å². The van der Waals surface area contributed by atoms with Crippen molar-refractivity contribution in [1.29, 1.82) is 0 Å². The maximum atomic E-state index is 12.8. The SMILES string of the molecule is C=C1C2Cc3ccccc3C1C(C(=O)OCC)(C(=O)OCC)C2. The topological polar surface area (TPSA) is 52.6 Å². The van der Waals surface area contributed by atoms with Crippen LogP contribution in [0, 0.1) is 11.3 Å². The molecule has 1 aromatic carbocycles. The molecule has 0 spiro atoms. The minimum Gasteiger partial charge on any atom is -0.465 e. The first-order chi connectivity index (χ1) is 11.1. The van der Waals surface area contributed by atoms with Crippen molar-refractivity contribution >= 4 is 11.9 Å². The molecule has 0 N–H and O–H groups in total. The molecule has 1 aromatic rings. The van der Waals surface area contributed by atoms with E-state index in [-0.39, 0.29) is 25.0 Å². The van der Waals surface area contributed by atoms with E-state index in [1.165, 1.54) is 5.56 Å². The number of carbonyl (C=O) groups is 2. The second kappa shape index (κ2) is 5.84. The lowest BCUT2D eigenvalue weighted by Gasteiger charge is -2.32. The Morgan fingerprint density at radius 1 is 1.17 bits per heavy atom. The Kier molecular flexibility index (Phi) is 4.00. The van der Waals surface area contributed by atoms with Crippen LogP contribution in [0.15, 0.2) is 36.4 Å². The number of rotatable bonds is 4. The van der Waals surface area contributed by atoms with Gasteiger partial charge in [-0.1, -0.05) is 36.4 Å². The van der Waals surface area contributed by atoms with Crippen LogP contribution in [-0.4, -0.2) is 25.2 Å². The molecule has 2 bridgehead atoms. The summed E-state index contributed by atoms with van der Waals surface area (Å²) >= 11 is 0.